The summed E-state index contributed by atoms with van der Waals surface area (Å²) in [6.07, 6.45) is 2.92. The Balaban J connectivity index is 1.66. The maximum atomic E-state index is 5.89. The lowest BCUT2D eigenvalue weighted by molar-refractivity contribution is 0.306. The first kappa shape index (κ1) is 17.0. The van der Waals surface area contributed by atoms with Gasteiger partial charge in [0.2, 0.25) is 0 Å². The van der Waals surface area contributed by atoms with Gasteiger partial charge in [-0.05, 0) is 35.2 Å². The summed E-state index contributed by atoms with van der Waals surface area (Å²) in [6.45, 7) is 2.73. The van der Waals surface area contributed by atoms with Gasteiger partial charge in [-0.2, -0.15) is 0 Å². The molecule has 0 aliphatic rings. The first-order valence-electron chi connectivity index (χ1n) is 8.70. The first-order chi connectivity index (χ1) is 12.3. The fourth-order valence-corrected chi connectivity index (χ4v) is 2.70. The summed E-state index contributed by atoms with van der Waals surface area (Å²) in [6, 6.07) is 28.9. The van der Waals surface area contributed by atoms with Gasteiger partial charge in [-0.25, -0.2) is 0 Å². The highest BCUT2D eigenvalue weighted by molar-refractivity contribution is 5.80. The summed E-state index contributed by atoms with van der Waals surface area (Å²) in [4.78, 5) is 4.76. The zero-order valence-corrected chi connectivity index (χ0v) is 14.5. The van der Waals surface area contributed by atoms with Crippen LogP contribution in [0.4, 0.5) is 0 Å². The molecule has 0 aromatic heterocycles. The van der Waals surface area contributed by atoms with E-state index in [1.807, 2.05) is 48.7 Å². The van der Waals surface area contributed by atoms with E-state index in [0.717, 1.165) is 23.3 Å². The van der Waals surface area contributed by atoms with E-state index in [4.69, 9.17) is 9.73 Å². The molecule has 0 saturated heterocycles. The Kier molecular flexibility index (Phi) is 6.00. The summed E-state index contributed by atoms with van der Waals surface area (Å²) in [5, 5.41) is 0. The van der Waals surface area contributed by atoms with Crippen molar-refractivity contribution >= 4 is 6.21 Å². The lowest BCUT2D eigenvalue weighted by atomic mass is 10.1. The maximum Gasteiger partial charge on any atom is 0.120 e. The molecule has 0 aliphatic carbocycles. The third-order valence-corrected chi connectivity index (χ3v) is 4.08. The van der Waals surface area contributed by atoms with Crippen molar-refractivity contribution in [2.45, 2.75) is 26.0 Å². The van der Waals surface area contributed by atoms with Crippen molar-refractivity contribution in [2.75, 3.05) is 0 Å². The highest BCUT2D eigenvalue weighted by Crippen LogP contribution is 2.21. The van der Waals surface area contributed by atoms with Crippen molar-refractivity contribution in [3.05, 3.63) is 102 Å². The van der Waals surface area contributed by atoms with Crippen LogP contribution in [0.3, 0.4) is 0 Å². The number of ether oxygens (including phenoxy) is 1. The van der Waals surface area contributed by atoms with Crippen LogP contribution in [-0.2, 0) is 6.61 Å². The Morgan fingerprint density at radius 2 is 1.60 bits per heavy atom. The molecule has 1 unspecified atom stereocenters. The molecule has 2 heteroatoms. The zero-order valence-electron chi connectivity index (χ0n) is 14.5. The van der Waals surface area contributed by atoms with Gasteiger partial charge in [-0.3, -0.25) is 4.99 Å². The Morgan fingerprint density at radius 3 is 2.32 bits per heavy atom. The van der Waals surface area contributed by atoms with Gasteiger partial charge in [0.1, 0.15) is 12.4 Å². The molecule has 0 fully saturated rings. The van der Waals surface area contributed by atoms with Gasteiger partial charge in [-0.1, -0.05) is 79.7 Å². The molecule has 25 heavy (non-hydrogen) atoms. The van der Waals surface area contributed by atoms with Gasteiger partial charge in [0, 0.05) is 6.21 Å². The SMILES string of the molecule is CCC(/N=C/c1cccc(OCc2ccccc2)c1)c1ccccc1. The van der Waals surface area contributed by atoms with Crippen LogP contribution >= 0.6 is 0 Å². The van der Waals surface area contributed by atoms with E-state index in [0.29, 0.717) is 6.61 Å². The Hall–Kier alpha value is -2.87. The molecule has 0 saturated carbocycles. The molecular formula is C23H23NO. The van der Waals surface area contributed by atoms with Crippen molar-refractivity contribution in [1.29, 1.82) is 0 Å². The smallest absolute Gasteiger partial charge is 0.120 e. The number of aliphatic imine (C=N–C) groups is 1. The minimum atomic E-state index is 0.190. The van der Waals surface area contributed by atoms with Crippen molar-refractivity contribution < 1.29 is 4.74 Å². The second kappa shape index (κ2) is 8.84. The summed E-state index contributed by atoms with van der Waals surface area (Å²) in [7, 11) is 0. The number of hydrogen-bond donors (Lipinski definition) is 0. The Morgan fingerprint density at radius 1 is 0.880 bits per heavy atom. The highest BCUT2D eigenvalue weighted by Gasteiger charge is 2.05. The lowest BCUT2D eigenvalue weighted by Crippen LogP contribution is -1.97. The normalized spacial score (nSPS) is 12.2. The summed E-state index contributed by atoms with van der Waals surface area (Å²) in [5.41, 5.74) is 3.47. The van der Waals surface area contributed by atoms with Crippen LogP contribution in [0.2, 0.25) is 0 Å². The minimum Gasteiger partial charge on any atom is -0.489 e. The van der Waals surface area contributed by atoms with E-state index >= 15 is 0 Å². The van der Waals surface area contributed by atoms with E-state index in [2.05, 4.69) is 49.4 Å². The van der Waals surface area contributed by atoms with Crippen LogP contribution in [0.1, 0.15) is 36.1 Å². The first-order valence-corrected chi connectivity index (χ1v) is 8.70. The molecule has 1 atom stereocenters. The second-order valence-corrected chi connectivity index (χ2v) is 5.96. The summed E-state index contributed by atoms with van der Waals surface area (Å²) >= 11 is 0. The molecule has 0 bridgehead atoms. The Labute approximate surface area is 149 Å². The highest BCUT2D eigenvalue weighted by atomic mass is 16.5. The number of benzene rings is 3. The van der Waals surface area contributed by atoms with Crippen LogP contribution in [0, 0.1) is 0 Å². The third-order valence-electron chi connectivity index (χ3n) is 4.08. The quantitative estimate of drug-likeness (QED) is 0.499. The van der Waals surface area contributed by atoms with E-state index in [1.165, 1.54) is 5.56 Å². The van der Waals surface area contributed by atoms with E-state index in [-0.39, 0.29) is 6.04 Å². The molecule has 0 aliphatic heterocycles. The van der Waals surface area contributed by atoms with Crippen molar-refractivity contribution in [1.82, 2.24) is 0 Å². The summed E-state index contributed by atoms with van der Waals surface area (Å²) < 4.78 is 5.89. The largest absolute Gasteiger partial charge is 0.489 e. The lowest BCUT2D eigenvalue weighted by Gasteiger charge is -2.10. The molecule has 0 amide bonds. The average Bonchev–Trinajstić information content (AvgIpc) is 2.69. The van der Waals surface area contributed by atoms with Crippen LogP contribution in [0.25, 0.3) is 0 Å². The van der Waals surface area contributed by atoms with Gasteiger partial charge >= 0.3 is 0 Å². The zero-order chi connectivity index (χ0) is 17.3. The van der Waals surface area contributed by atoms with Crippen molar-refractivity contribution in [2.24, 2.45) is 4.99 Å². The van der Waals surface area contributed by atoms with Crippen molar-refractivity contribution in [3.8, 4) is 5.75 Å². The second-order valence-electron chi connectivity index (χ2n) is 5.96. The van der Waals surface area contributed by atoms with Crippen LogP contribution in [-0.4, -0.2) is 6.21 Å². The van der Waals surface area contributed by atoms with Crippen LogP contribution in [0.5, 0.6) is 5.75 Å². The minimum absolute atomic E-state index is 0.190. The molecule has 0 N–H and O–H groups in total. The maximum absolute atomic E-state index is 5.89. The van der Waals surface area contributed by atoms with E-state index < -0.39 is 0 Å². The average molecular weight is 329 g/mol. The fourth-order valence-electron chi connectivity index (χ4n) is 2.70. The number of hydrogen-bond acceptors (Lipinski definition) is 2. The molecule has 0 heterocycles. The number of nitrogens with zero attached hydrogens (tertiary/aromatic N) is 1. The fraction of sp³-hybridized carbons (Fsp3) is 0.174. The van der Waals surface area contributed by atoms with Crippen LogP contribution < -0.4 is 4.74 Å². The predicted octanol–water partition coefficient (Wildman–Crippen LogP) is 5.84. The van der Waals surface area contributed by atoms with Gasteiger partial charge < -0.3 is 4.74 Å². The predicted molar refractivity (Wildman–Crippen MR) is 104 cm³/mol. The third kappa shape index (κ3) is 5.05. The van der Waals surface area contributed by atoms with E-state index in [9.17, 15) is 0 Å². The standard InChI is InChI=1S/C23H23NO/c1-2-23(21-13-7-4-8-14-21)24-17-20-12-9-15-22(16-20)25-18-19-10-5-3-6-11-19/h3-17,23H,2,18H2,1H3/b24-17+. The molecule has 3 rings (SSSR count). The topological polar surface area (TPSA) is 21.6 Å². The van der Waals surface area contributed by atoms with E-state index in [1.54, 1.807) is 0 Å². The monoisotopic (exact) mass is 329 g/mol. The van der Waals surface area contributed by atoms with Crippen LogP contribution in [0.15, 0.2) is 89.9 Å². The molecule has 126 valence electrons. The molecule has 0 spiro atoms. The van der Waals surface area contributed by atoms with Crippen molar-refractivity contribution in [3.63, 3.8) is 0 Å². The number of rotatable bonds is 7. The van der Waals surface area contributed by atoms with Gasteiger partial charge in [0.15, 0.2) is 0 Å². The Bertz CT molecular complexity index is 797. The van der Waals surface area contributed by atoms with Gasteiger partial charge in [0.25, 0.3) is 0 Å². The van der Waals surface area contributed by atoms with Gasteiger partial charge in [0.05, 0.1) is 6.04 Å². The molecular weight excluding hydrogens is 306 g/mol. The molecule has 3 aromatic carbocycles. The molecule has 2 nitrogen and oxygen atoms in total. The van der Waals surface area contributed by atoms with Gasteiger partial charge in [-0.15, -0.1) is 0 Å². The molecule has 3 aromatic rings. The molecule has 0 radical (unpaired) electrons. The summed E-state index contributed by atoms with van der Waals surface area (Å²) in [5.74, 6) is 0.862.